The molecule has 0 spiro atoms. The maximum Gasteiger partial charge on any atom is 0.134 e. The van der Waals surface area contributed by atoms with Crippen molar-refractivity contribution in [2.45, 2.75) is 18.9 Å². The molecule has 2 N–H and O–H groups in total. The quantitative estimate of drug-likeness (QED) is 0.859. The molecule has 2 aromatic rings. The van der Waals surface area contributed by atoms with Crippen molar-refractivity contribution in [3.05, 3.63) is 41.0 Å². The maximum absolute atomic E-state index is 6.38. The van der Waals surface area contributed by atoms with Gasteiger partial charge in [-0.05, 0) is 30.9 Å². The normalized spacial score (nSPS) is 17.7. The van der Waals surface area contributed by atoms with Crippen molar-refractivity contribution in [2.75, 3.05) is 13.2 Å². The molecule has 1 fully saturated rings. The minimum absolute atomic E-state index is 0. The molecule has 0 unspecified atom stereocenters. The van der Waals surface area contributed by atoms with Gasteiger partial charge in [0.15, 0.2) is 0 Å². The standard InChI is InChI=1S/C15H17ClN2O.ClH/c16-15-12(14(17)10-5-7-19-8-6-10)9-11-3-1-2-4-13(11)18-15;/h1-4,9-10,14H,5-8,17H2;1H/t14-;/m1./s1. The second kappa shape index (κ2) is 6.72. The lowest BCUT2D eigenvalue weighted by molar-refractivity contribution is 0.0583. The minimum atomic E-state index is -0.0616. The largest absolute Gasteiger partial charge is 0.381 e. The predicted molar refractivity (Wildman–Crippen MR) is 84.5 cm³/mol. The Balaban J connectivity index is 0.00000147. The number of para-hydroxylation sites is 1. The van der Waals surface area contributed by atoms with Crippen LogP contribution in [0.4, 0.5) is 0 Å². The zero-order chi connectivity index (χ0) is 13.2. The summed E-state index contributed by atoms with van der Waals surface area (Å²) >= 11 is 6.29. The van der Waals surface area contributed by atoms with E-state index in [9.17, 15) is 0 Å². The monoisotopic (exact) mass is 312 g/mol. The van der Waals surface area contributed by atoms with Crippen LogP contribution in [0.1, 0.15) is 24.4 Å². The number of pyridine rings is 1. The molecule has 0 bridgehead atoms. The molecule has 20 heavy (non-hydrogen) atoms. The summed E-state index contributed by atoms with van der Waals surface area (Å²) in [6.45, 7) is 1.58. The molecule has 0 amide bonds. The van der Waals surface area contributed by atoms with Crippen molar-refractivity contribution in [3.8, 4) is 0 Å². The molecule has 1 aromatic carbocycles. The van der Waals surface area contributed by atoms with E-state index in [0.29, 0.717) is 11.1 Å². The highest BCUT2D eigenvalue weighted by molar-refractivity contribution is 6.30. The molecule has 0 aliphatic carbocycles. The van der Waals surface area contributed by atoms with Crippen LogP contribution in [-0.4, -0.2) is 18.2 Å². The lowest BCUT2D eigenvalue weighted by Crippen LogP contribution is -2.27. The molecule has 1 aliphatic rings. The summed E-state index contributed by atoms with van der Waals surface area (Å²) in [4.78, 5) is 4.45. The van der Waals surface area contributed by atoms with Gasteiger partial charge in [-0.2, -0.15) is 0 Å². The Morgan fingerprint density at radius 1 is 1.25 bits per heavy atom. The van der Waals surface area contributed by atoms with Gasteiger partial charge in [-0.25, -0.2) is 4.98 Å². The second-order valence-electron chi connectivity index (χ2n) is 5.04. The van der Waals surface area contributed by atoms with E-state index in [-0.39, 0.29) is 18.4 Å². The Bertz CT molecular complexity index is 585. The lowest BCUT2D eigenvalue weighted by Gasteiger charge is -2.28. The highest BCUT2D eigenvalue weighted by Gasteiger charge is 2.24. The number of hydrogen-bond acceptors (Lipinski definition) is 3. The predicted octanol–water partition coefficient (Wildman–Crippen LogP) is 3.74. The highest BCUT2D eigenvalue weighted by atomic mass is 35.5. The second-order valence-corrected chi connectivity index (χ2v) is 5.39. The molecule has 2 heterocycles. The summed E-state index contributed by atoms with van der Waals surface area (Å²) in [5.41, 5.74) is 8.25. The van der Waals surface area contributed by atoms with Gasteiger partial charge < -0.3 is 10.5 Å². The molecular formula is C15H18Cl2N2O. The molecule has 1 atom stereocenters. The average Bonchev–Trinajstić information content (AvgIpc) is 2.47. The third-order valence-electron chi connectivity index (χ3n) is 3.84. The molecule has 1 saturated heterocycles. The molecule has 3 nitrogen and oxygen atoms in total. The molecular weight excluding hydrogens is 295 g/mol. The Hall–Kier alpha value is -0.870. The fraction of sp³-hybridized carbons (Fsp3) is 0.400. The van der Waals surface area contributed by atoms with E-state index in [2.05, 4.69) is 11.1 Å². The summed E-state index contributed by atoms with van der Waals surface area (Å²) in [6, 6.07) is 9.98. The van der Waals surface area contributed by atoms with Gasteiger partial charge in [0.1, 0.15) is 5.15 Å². The van der Waals surface area contributed by atoms with Crippen molar-refractivity contribution >= 4 is 34.9 Å². The van der Waals surface area contributed by atoms with E-state index in [4.69, 9.17) is 22.1 Å². The molecule has 5 heteroatoms. The fourth-order valence-electron chi connectivity index (χ4n) is 2.67. The number of rotatable bonds is 2. The van der Waals surface area contributed by atoms with Crippen LogP contribution >= 0.6 is 24.0 Å². The Morgan fingerprint density at radius 2 is 1.95 bits per heavy atom. The zero-order valence-corrected chi connectivity index (χ0v) is 12.7. The van der Waals surface area contributed by atoms with Gasteiger partial charge in [0.2, 0.25) is 0 Å². The van der Waals surface area contributed by atoms with Gasteiger partial charge in [-0.1, -0.05) is 29.8 Å². The summed E-state index contributed by atoms with van der Waals surface area (Å²) in [7, 11) is 0. The van der Waals surface area contributed by atoms with E-state index in [0.717, 1.165) is 42.5 Å². The van der Waals surface area contributed by atoms with Crippen molar-refractivity contribution in [3.63, 3.8) is 0 Å². The SMILES string of the molecule is Cl.N[C@@H](c1cc2ccccc2nc1Cl)C1CCOCC1. The highest BCUT2D eigenvalue weighted by Crippen LogP contribution is 2.32. The first-order valence-corrected chi connectivity index (χ1v) is 7.02. The summed E-state index contributed by atoms with van der Waals surface area (Å²) in [5.74, 6) is 0.425. The summed E-state index contributed by atoms with van der Waals surface area (Å²) < 4.78 is 5.38. The number of aromatic nitrogens is 1. The van der Waals surface area contributed by atoms with Crippen molar-refractivity contribution in [1.82, 2.24) is 4.98 Å². The molecule has 0 radical (unpaired) electrons. The fourth-order valence-corrected chi connectivity index (χ4v) is 2.94. The minimum Gasteiger partial charge on any atom is -0.381 e. The first-order valence-electron chi connectivity index (χ1n) is 6.64. The molecule has 1 aliphatic heterocycles. The number of ether oxygens (including phenoxy) is 1. The van der Waals surface area contributed by atoms with Gasteiger partial charge in [-0.3, -0.25) is 0 Å². The van der Waals surface area contributed by atoms with Crippen molar-refractivity contribution < 1.29 is 4.74 Å². The van der Waals surface area contributed by atoms with Gasteiger partial charge >= 0.3 is 0 Å². The number of benzene rings is 1. The first-order chi connectivity index (χ1) is 9.25. The molecule has 1 aromatic heterocycles. The summed E-state index contributed by atoms with van der Waals surface area (Å²) in [6.07, 6.45) is 1.98. The Kier molecular flexibility index (Phi) is 5.22. The third kappa shape index (κ3) is 3.07. The number of halogens is 2. The molecule has 3 rings (SSSR count). The van der Waals surface area contributed by atoms with Gasteiger partial charge in [0, 0.05) is 30.2 Å². The smallest absolute Gasteiger partial charge is 0.134 e. The number of hydrogen-bond donors (Lipinski definition) is 1. The van der Waals surface area contributed by atoms with Crippen LogP contribution < -0.4 is 5.73 Å². The number of nitrogens with two attached hydrogens (primary N) is 1. The van der Waals surface area contributed by atoms with Crippen LogP contribution in [0.3, 0.4) is 0 Å². The van der Waals surface area contributed by atoms with Crippen LogP contribution in [-0.2, 0) is 4.74 Å². The summed E-state index contributed by atoms with van der Waals surface area (Å²) in [5, 5.41) is 1.61. The van der Waals surface area contributed by atoms with Gasteiger partial charge in [0.05, 0.1) is 5.52 Å². The Morgan fingerprint density at radius 3 is 2.70 bits per heavy atom. The van der Waals surface area contributed by atoms with E-state index in [1.807, 2.05) is 24.3 Å². The van der Waals surface area contributed by atoms with Crippen molar-refractivity contribution in [1.29, 1.82) is 0 Å². The Labute approximate surface area is 129 Å². The van der Waals surface area contributed by atoms with Crippen LogP contribution in [0.15, 0.2) is 30.3 Å². The van der Waals surface area contributed by atoms with E-state index in [1.54, 1.807) is 0 Å². The lowest BCUT2D eigenvalue weighted by atomic mass is 9.88. The van der Waals surface area contributed by atoms with Crippen LogP contribution in [0.25, 0.3) is 10.9 Å². The van der Waals surface area contributed by atoms with E-state index < -0.39 is 0 Å². The number of nitrogens with zero attached hydrogens (tertiary/aromatic N) is 1. The van der Waals surface area contributed by atoms with Crippen LogP contribution in [0.5, 0.6) is 0 Å². The third-order valence-corrected chi connectivity index (χ3v) is 4.14. The van der Waals surface area contributed by atoms with E-state index >= 15 is 0 Å². The molecule has 0 saturated carbocycles. The molecule has 108 valence electrons. The van der Waals surface area contributed by atoms with Crippen molar-refractivity contribution in [2.24, 2.45) is 11.7 Å². The van der Waals surface area contributed by atoms with Gasteiger partial charge in [-0.15, -0.1) is 12.4 Å². The van der Waals surface area contributed by atoms with Crippen LogP contribution in [0, 0.1) is 5.92 Å². The first kappa shape index (κ1) is 15.5. The zero-order valence-electron chi connectivity index (χ0n) is 11.1. The van der Waals surface area contributed by atoms with E-state index in [1.165, 1.54) is 0 Å². The van der Waals surface area contributed by atoms with Crippen LogP contribution in [0.2, 0.25) is 5.15 Å². The topological polar surface area (TPSA) is 48.1 Å². The maximum atomic E-state index is 6.38. The number of fused-ring (bicyclic) bond motifs is 1. The van der Waals surface area contributed by atoms with Gasteiger partial charge in [0.25, 0.3) is 0 Å². The average molecular weight is 313 g/mol.